The Labute approximate surface area is 248 Å². The lowest BCUT2D eigenvalue weighted by Gasteiger charge is -2.30. The Balaban J connectivity index is 2.65. The molecule has 6 atom stereocenters. The lowest BCUT2D eigenvalue weighted by Crippen LogP contribution is -2.37. The van der Waals surface area contributed by atoms with Crippen molar-refractivity contribution in [3.63, 3.8) is 0 Å². The van der Waals surface area contributed by atoms with Crippen LogP contribution in [-0.2, 0) is 33.3 Å². The van der Waals surface area contributed by atoms with E-state index < -0.39 is 53.9 Å². The molecule has 0 saturated heterocycles. The predicted molar refractivity (Wildman–Crippen MR) is 154 cm³/mol. The molecule has 0 fully saturated rings. The van der Waals surface area contributed by atoms with Gasteiger partial charge in [0, 0.05) is 31.3 Å². The fourth-order valence-corrected chi connectivity index (χ4v) is 5.27. The Bertz CT molecular complexity index is 1200. The molecule has 2 amide bonds. The number of carbonyl (C=O) groups is 4. The van der Waals surface area contributed by atoms with Crippen LogP contribution in [0.5, 0.6) is 0 Å². The van der Waals surface area contributed by atoms with Crippen molar-refractivity contribution >= 4 is 39.5 Å². The molecule has 0 radical (unpaired) electrons. The van der Waals surface area contributed by atoms with Crippen LogP contribution in [0.25, 0.3) is 0 Å². The monoisotopic (exact) mass is 638 g/mol. The van der Waals surface area contributed by atoms with Crippen LogP contribution < -0.4 is 11.1 Å². The Morgan fingerprint density at radius 3 is 2.32 bits per heavy atom. The first-order valence-corrected chi connectivity index (χ1v) is 13.9. The van der Waals surface area contributed by atoms with Crippen molar-refractivity contribution in [1.82, 2.24) is 5.32 Å². The van der Waals surface area contributed by atoms with Gasteiger partial charge in [0.15, 0.2) is 11.9 Å². The lowest BCUT2D eigenvalue weighted by molar-refractivity contribution is -0.121. The van der Waals surface area contributed by atoms with E-state index in [9.17, 15) is 24.3 Å². The fourth-order valence-electron chi connectivity index (χ4n) is 4.81. The van der Waals surface area contributed by atoms with Gasteiger partial charge in [0.1, 0.15) is 11.8 Å². The first-order chi connectivity index (χ1) is 19.3. The summed E-state index contributed by atoms with van der Waals surface area (Å²) in [7, 11) is 4.20. The quantitative estimate of drug-likeness (QED) is 0.310. The minimum Gasteiger partial charge on any atom is -0.492 e. The first-order valence-electron chi connectivity index (χ1n) is 13.1. The van der Waals surface area contributed by atoms with Gasteiger partial charge in [-0.25, -0.2) is 4.79 Å². The van der Waals surface area contributed by atoms with Crippen molar-refractivity contribution in [2.24, 2.45) is 17.6 Å². The molecule has 2 rings (SSSR count). The van der Waals surface area contributed by atoms with Crippen molar-refractivity contribution in [3.05, 3.63) is 57.0 Å². The SMILES string of the molecule is COC1=C2C[C@@H](C)C[C@H](OC)[C@@H](O)[C@@H](C)/C=C(\C)[C@H](OC(N)=O)[C@@H](OC)/C=C\C=C(/C)C(=O)NC(=C(Br)C1=O)C2=O. The summed E-state index contributed by atoms with van der Waals surface area (Å²) in [6.45, 7) is 6.91. The standard InChI is InChI=1S/C29H39BrN2O9/c1-14-11-18-24(34)22(21(30)25(35)27(18)40-7)32-28(36)15(2)9-8-10-19(38-5)26(41-29(31)37)17(4)13-16(3)23(33)20(12-14)39-6/h8-10,13-14,16,19-20,23,26,33H,11-12H2,1-7H3,(H2,31,37)(H,32,36)/b10-8-,15-9+,17-13+/t14-,16+,19+,20+,23+,26+/m1/s1. The lowest BCUT2D eigenvalue weighted by atomic mass is 9.85. The number of carbonyl (C=O) groups excluding carboxylic acids is 4. The maximum absolute atomic E-state index is 13.5. The molecule has 2 bridgehead atoms. The molecule has 0 aromatic carbocycles. The number of ether oxygens (including phenoxy) is 4. The number of Topliss-reactive ketones (excluding diaryl/α,β-unsaturated/α-hetero) is 2. The van der Waals surface area contributed by atoms with Gasteiger partial charge in [-0.2, -0.15) is 0 Å². The number of rotatable bonds is 4. The van der Waals surface area contributed by atoms with Crippen molar-refractivity contribution in [1.29, 1.82) is 0 Å². The van der Waals surface area contributed by atoms with Crippen LogP contribution in [0.3, 0.4) is 0 Å². The van der Waals surface area contributed by atoms with Crippen LogP contribution in [0.15, 0.2) is 57.0 Å². The largest absolute Gasteiger partial charge is 0.492 e. The molecule has 41 heavy (non-hydrogen) atoms. The number of hydrogen-bond donors (Lipinski definition) is 3. The van der Waals surface area contributed by atoms with E-state index in [-0.39, 0.29) is 39.4 Å². The van der Waals surface area contributed by atoms with E-state index in [0.29, 0.717) is 12.0 Å². The Morgan fingerprint density at radius 2 is 1.76 bits per heavy atom. The fraction of sp³-hybridized carbons (Fsp3) is 0.517. The van der Waals surface area contributed by atoms with E-state index in [1.807, 2.05) is 6.92 Å². The minimum atomic E-state index is -1.01. The average molecular weight is 640 g/mol. The van der Waals surface area contributed by atoms with Crippen LogP contribution in [0.4, 0.5) is 4.79 Å². The third kappa shape index (κ3) is 8.48. The van der Waals surface area contributed by atoms with Crippen molar-refractivity contribution in [2.45, 2.75) is 65.0 Å². The molecule has 1 heterocycles. The molecule has 1 aliphatic heterocycles. The molecule has 226 valence electrons. The maximum atomic E-state index is 13.5. The number of nitrogens with two attached hydrogens (primary N) is 1. The Hall–Kier alpha value is -3.06. The molecule has 12 heteroatoms. The molecular weight excluding hydrogens is 600 g/mol. The number of aliphatic hydroxyl groups is 1. The molecule has 0 aromatic heterocycles. The highest BCUT2D eigenvalue weighted by molar-refractivity contribution is 9.12. The molecule has 2 aliphatic rings. The van der Waals surface area contributed by atoms with Crippen molar-refractivity contribution in [2.75, 3.05) is 21.3 Å². The van der Waals surface area contributed by atoms with Gasteiger partial charge >= 0.3 is 6.09 Å². The highest BCUT2D eigenvalue weighted by atomic mass is 79.9. The van der Waals surface area contributed by atoms with Crippen LogP contribution >= 0.6 is 15.9 Å². The summed E-state index contributed by atoms with van der Waals surface area (Å²) >= 11 is 3.15. The average Bonchev–Trinajstić information content (AvgIpc) is 2.92. The Morgan fingerprint density at radius 1 is 1.10 bits per heavy atom. The molecule has 0 unspecified atom stereocenters. The number of aliphatic hydroxyl groups excluding tert-OH is 1. The number of allylic oxidation sites excluding steroid dienone is 4. The predicted octanol–water partition coefficient (Wildman–Crippen LogP) is 3.13. The molecule has 0 spiro atoms. The van der Waals surface area contributed by atoms with Gasteiger partial charge in [-0.1, -0.05) is 38.2 Å². The summed E-state index contributed by atoms with van der Waals surface area (Å²) in [5, 5.41) is 13.7. The topological polar surface area (TPSA) is 163 Å². The van der Waals surface area contributed by atoms with Gasteiger partial charge in [-0.05, 0) is 54.1 Å². The summed E-state index contributed by atoms with van der Waals surface area (Å²) in [6.07, 6.45) is 2.47. The zero-order valence-electron chi connectivity index (χ0n) is 24.4. The number of nitrogens with one attached hydrogen (secondary N) is 1. The van der Waals surface area contributed by atoms with Gasteiger partial charge in [0.25, 0.3) is 5.91 Å². The van der Waals surface area contributed by atoms with Gasteiger partial charge in [-0.3, -0.25) is 14.4 Å². The molecular formula is C29H39BrN2O9. The number of halogens is 1. The van der Waals surface area contributed by atoms with E-state index >= 15 is 0 Å². The van der Waals surface area contributed by atoms with Crippen LogP contribution in [0, 0.1) is 11.8 Å². The van der Waals surface area contributed by atoms with Crippen LogP contribution in [0.1, 0.15) is 40.5 Å². The molecule has 1 aliphatic carbocycles. The van der Waals surface area contributed by atoms with E-state index in [0.717, 1.165) is 0 Å². The summed E-state index contributed by atoms with van der Waals surface area (Å²) in [6, 6.07) is 0. The Kier molecular flexibility index (Phi) is 12.7. The smallest absolute Gasteiger partial charge is 0.405 e. The molecule has 0 aromatic rings. The summed E-state index contributed by atoms with van der Waals surface area (Å²) in [4.78, 5) is 51.3. The van der Waals surface area contributed by atoms with Gasteiger partial charge in [0.2, 0.25) is 11.6 Å². The van der Waals surface area contributed by atoms with Crippen LogP contribution in [0.2, 0.25) is 0 Å². The van der Waals surface area contributed by atoms with E-state index in [2.05, 4.69) is 21.2 Å². The van der Waals surface area contributed by atoms with E-state index in [1.165, 1.54) is 40.4 Å². The second-order valence-electron chi connectivity index (χ2n) is 10.2. The van der Waals surface area contributed by atoms with E-state index in [4.69, 9.17) is 24.7 Å². The minimum absolute atomic E-state index is 0.111. The zero-order valence-corrected chi connectivity index (χ0v) is 25.9. The van der Waals surface area contributed by atoms with Gasteiger partial charge in [-0.15, -0.1) is 0 Å². The summed E-state index contributed by atoms with van der Waals surface area (Å²) in [5.74, 6) is -2.54. The van der Waals surface area contributed by atoms with E-state index in [1.54, 1.807) is 26.0 Å². The second kappa shape index (κ2) is 15.2. The number of fused-ring (bicyclic) bond motifs is 2. The number of ketones is 2. The maximum Gasteiger partial charge on any atom is 0.405 e. The molecule has 11 nitrogen and oxygen atoms in total. The third-order valence-electron chi connectivity index (χ3n) is 7.05. The normalized spacial score (nSPS) is 32.5. The van der Waals surface area contributed by atoms with Gasteiger partial charge < -0.3 is 35.1 Å². The van der Waals surface area contributed by atoms with Crippen molar-refractivity contribution in [3.8, 4) is 0 Å². The number of amides is 2. The molecule has 0 saturated carbocycles. The van der Waals surface area contributed by atoms with Crippen LogP contribution in [-0.4, -0.2) is 74.4 Å². The van der Waals surface area contributed by atoms with Crippen molar-refractivity contribution < 1.29 is 43.2 Å². The summed E-state index contributed by atoms with van der Waals surface area (Å²) in [5.41, 5.74) is 6.05. The highest BCUT2D eigenvalue weighted by Gasteiger charge is 2.37. The zero-order chi connectivity index (χ0) is 31.0. The highest BCUT2D eigenvalue weighted by Crippen LogP contribution is 2.33. The third-order valence-corrected chi connectivity index (χ3v) is 7.80. The first kappa shape index (κ1) is 34.1. The molecule has 4 N–H and O–H groups in total. The number of primary amides is 1. The summed E-state index contributed by atoms with van der Waals surface area (Å²) < 4.78 is 21.7. The number of hydrogen-bond acceptors (Lipinski definition) is 9. The second-order valence-corrected chi connectivity index (χ2v) is 11.0. The number of methoxy groups -OCH3 is 3. The van der Waals surface area contributed by atoms with Gasteiger partial charge in [0.05, 0.1) is 23.8 Å².